The van der Waals surface area contributed by atoms with Crippen molar-refractivity contribution in [3.8, 4) is 0 Å². The van der Waals surface area contributed by atoms with Crippen LogP contribution in [0.2, 0.25) is 0 Å². The molecule has 0 unspecified atom stereocenters. The molecule has 6 nitrogen and oxygen atoms in total. The molecule has 1 saturated heterocycles. The summed E-state index contributed by atoms with van der Waals surface area (Å²) in [6.45, 7) is 7.04. The molecule has 20 heavy (non-hydrogen) atoms. The smallest absolute Gasteiger partial charge is 0.211 e. The number of imidazole rings is 1. The van der Waals surface area contributed by atoms with Gasteiger partial charge in [0.05, 0.1) is 12.8 Å². The quantitative estimate of drug-likeness (QED) is 0.867. The highest BCUT2D eigenvalue weighted by molar-refractivity contribution is 7.88. The summed E-state index contributed by atoms with van der Waals surface area (Å²) in [5.41, 5.74) is 0. The Balaban J connectivity index is 1.89. The monoisotopic (exact) mass is 300 g/mol. The highest BCUT2D eigenvalue weighted by atomic mass is 32.2. The van der Waals surface area contributed by atoms with E-state index in [1.54, 1.807) is 4.31 Å². The third kappa shape index (κ3) is 3.59. The molecule has 0 saturated carbocycles. The number of nitrogens with zero attached hydrogens (tertiary/aromatic N) is 3. The first-order valence-electron chi connectivity index (χ1n) is 7.10. The van der Waals surface area contributed by atoms with Crippen LogP contribution in [0, 0.1) is 5.92 Å². The fourth-order valence-corrected chi connectivity index (χ4v) is 3.67. The van der Waals surface area contributed by atoms with Crippen molar-refractivity contribution in [1.29, 1.82) is 0 Å². The normalized spacial score (nSPS) is 24.9. The lowest BCUT2D eigenvalue weighted by molar-refractivity contribution is 0.218. The SMILES string of the molecule is CCn1ccnc1CN[C@H]1CCN(S(C)(=O)=O)C[C@H]1C. The minimum absolute atomic E-state index is 0.309. The van der Waals surface area contributed by atoms with Crippen molar-refractivity contribution in [1.82, 2.24) is 19.2 Å². The van der Waals surface area contributed by atoms with Crippen molar-refractivity contribution in [3.63, 3.8) is 0 Å². The van der Waals surface area contributed by atoms with Crippen LogP contribution in [0.1, 0.15) is 26.1 Å². The molecule has 1 aromatic heterocycles. The second-order valence-corrected chi connectivity index (χ2v) is 7.49. The van der Waals surface area contributed by atoms with Crippen LogP contribution in [-0.4, -0.2) is 47.7 Å². The number of aromatic nitrogens is 2. The van der Waals surface area contributed by atoms with Crippen LogP contribution in [0.5, 0.6) is 0 Å². The van der Waals surface area contributed by atoms with Crippen LogP contribution >= 0.6 is 0 Å². The second-order valence-electron chi connectivity index (χ2n) is 5.50. The van der Waals surface area contributed by atoms with Crippen molar-refractivity contribution >= 4 is 10.0 Å². The topological polar surface area (TPSA) is 67.2 Å². The average Bonchev–Trinajstić information content (AvgIpc) is 2.83. The highest BCUT2D eigenvalue weighted by Gasteiger charge is 2.30. The fourth-order valence-electron chi connectivity index (χ4n) is 2.73. The summed E-state index contributed by atoms with van der Waals surface area (Å²) in [4.78, 5) is 4.34. The van der Waals surface area contributed by atoms with Gasteiger partial charge in [-0.15, -0.1) is 0 Å². The van der Waals surface area contributed by atoms with Gasteiger partial charge in [-0.2, -0.15) is 0 Å². The van der Waals surface area contributed by atoms with Crippen LogP contribution in [-0.2, 0) is 23.1 Å². The molecule has 0 radical (unpaired) electrons. The molecule has 0 spiro atoms. The van der Waals surface area contributed by atoms with Gasteiger partial charge in [0, 0.05) is 38.1 Å². The van der Waals surface area contributed by atoms with Crippen LogP contribution in [0.15, 0.2) is 12.4 Å². The third-order valence-electron chi connectivity index (χ3n) is 4.00. The molecule has 1 aliphatic rings. The zero-order valence-electron chi connectivity index (χ0n) is 12.4. The summed E-state index contributed by atoms with van der Waals surface area (Å²) in [6.07, 6.45) is 5.93. The first-order chi connectivity index (χ1) is 9.41. The van der Waals surface area contributed by atoms with E-state index >= 15 is 0 Å². The number of aryl methyl sites for hydroxylation is 1. The molecular formula is C13H24N4O2S. The summed E-state index contributed by atoms with van der Waals surface area (Å²) in [5.74, 6) is 1.34. The molecule has 1 fully saturated rings. The van der Waals surface area contributed by atoms with Crippen molar-refractivity contribution in [2.45, 2.75) is 39.4 Å². The zero-order chi connectivity index (χ0) is 14.8. The molecule has 1 aliphatic heterocycles. The van der Waals surface area contributed by atoms with Gasteiger partial charge in [-0.1, -0.05) is 6.92 Å². The first-order valence-corrected chi connectivity index (χ1v) is 8.95. The number of hydrogen-bond donors (Lipinski definition) is 1. The van der Waals surface area contributed by atoms with Gasteiger partial charge >= 0.3 is 0 Å². The number of rotatable bonds is 5. The first kappa shape index (κ1) is 15.5. The number of nitrogens with one attached hydrogen (secondary N) is 1. The molecule has 114 valence electrons. The lowest BCUT2D eigenvalue weighted by Gasteiger charge is -2.36. The Bertz CT molecular complexity index is 540. The molecular weight excluding hydrogens is 276 g/mol. The van der Waals surface area contributed by atoms with E-state index in [1.165, 1.54) is 6.26 Å². The van der Waals surface area contributed by atoms with Gasteiger partial charge in [0.1, 0.15) is 5.82 Å². The molecule has 2 atom stereocenters. The molecule has 0 bridgehead atoms. The molecule has 0 aliphatic carbocycles. The molecule has 7 heteroatoms. The predicted octanol–water partition coefficient (Wildman–Crippen LogP) is 0.663. The Kier molecular flexibility index (Phi) is 4.82. The summed E-state index contributed by atoms with van der Waals surface area (Å²) < 4.78 is 26.8. The van der Waals surface area contributed by atoms with E-state index in [4.69, 9.17) is 0 Å². The van der Waals surface area contributed by atoms with Gasteiger partial charge in [0.15, 0.2) is 0 Å². The minimum Gasteiger partial charge on any atom is -0.334 e. The molecule has 2 heterocycles. The van der Waals surface area contributed by atoms with Crippen molar-refractivity contribution in [2.24, 2.45) is 5.92 Å². The standard InChI is InChI=1S/C13H24N4O2S/c1-4-16-8-6-14-13(16)9-15-12-5-7-17(10-11(12)2)20(3,18)19/h6,8,11-12,15H,4-5,7,9-10H2,1-3H3/t11-,12+/m1/s1. The molecule has 2 rings (SSSR count). The lowest BCUT2D eigenvalue weighted by atomic mass is 9.95. The van der Waals surface area contributed by atoms with Gasteiger partial charge in [-0.05, 0) is 19.3 Å². The summed E-state index contributed by atoms with van der Waals surface area (Å²) in [7, 11) is -3.06. The number of hydrogen-bond acceptors (Lipinski definition) is 4. The Hall–Kier alpha value is -0.920. The van der Waals surface area contributed by atoms with Crippen LogP contribution in [0.25, 0.3) is 0 Å². The zero-order valence-corrected chi connectivity index (χ0v) is 13.2. The van der Waals surface area contributed by atoms with E-state index in [0.29, 0.717) is 25.0 Å². The van der Waals surface area contributed by atoms with E-state index in [1.807, 2.05) is 12.4 Å². The van der Waals surface area contributed by atoms with E-state index < -0.39 is 10.0 Å². The highest BCUT2D eigenvalue weighted by Crippen LogP contribution is 2.19. The number of sulfonamides is 1. The van der Waals surface area contributed by atoms with Crippen LogP contribution < -0.4 is 5.32 Å². The van der Waals surface area contributed by atoms with Crippen molar-refractivity contribution < 1.29 is 8.42 Å². The minimum atomic E-state index is -3.06. The Morgan fingerprint density at radius 2 is 2.25 bits per heavy atom. The fraction of sp³-hybridized carbons (Fsp3) is 0.769. The molecule has 0 aromatic carbocycles. The van der Waals surface area contributed by atoms with Crippen LogP contribution in [0.3, 0.4) is 0 Å². The summed E-state index contributed by atoms with van der Waals surface area (Å²) >= 11 is 0. The maximum atomic E-state index is 11.6. The second kappa shape index (κ2) is 6.24. The van der Waals surface area contributed by atoms with Gasteiger partial charge in [-0.3, -0.25) is 0 Å². The Labute approximate surface area is 121 Å². The Morgan fingerprint density at radius 1 is 1.50 bits per heavy atom. The van der Waals surface area contributed by atoms with E-state index in [9.17, 15) is 8.42 Å². The maximum Gasteiger partial charge on any atom is 0.211 e. The summed E-state index contributed by atoms with van der Waals surface area (Å²) in [6, 6.07) is 0.343. The molecule has 1 aromatic rings. The third-order valence-corrected chi connectivity index (χ3v) is 5.27. The van der Waals surface area contributed by atoms with Crippen molar-refractivity contribution in [2.75, 3.05) is 19.3 Å². The van der Waals surface area contributed by atoms with Crippen molar-refractivity contribution in [3.05, 3.63) is 18.2 Å². The summed E-state index contributed by atoms with van der Waals surface area (Å²) in [5, 5.41) is 3.52. The van der Waals surface area contributed by atoms with E-state index in [0.717, 1.165) is 25.3 Å². The molecule has 1 N–H and O–H groups in total. The van der Waals surface area contributed by atoms with E-state index in [-0.39, 0.29) is 0 Å². The van der Waals surface area contributed by atoms with Gasteiger partial charge in [-0.25, -0.2) is 17.7 Å². The average molecular weight is 300 g/mol. The lowest BCUT2D eigenvalue weighted by Crippen LogP contribution is -2.49. The van der Waals surface area contributed by atoms with Crippen LogP contribution in [0.4, 0.5) is 0 Å². The van der Waals surface area contributed by atoms with E-state index in [2.05, 4.69) is 28.7 Å². The van der Waals surface area contributed by atoms with Gasteiger partial charge < -0.3 is 9.88 Å². The maximum absolute atomic E-state index is 11.6. The Morgan fingerprint density at radius 3 is 2.85 bits per heavy atom. The number of piperidine rings is 1. The van der Waals surface area contributed by atoms with Gasteiger partial charge in [0.25, 0.3) is 0 Å². The molecule has 0 amide bonds. The predicted molar refractivity (Wildman–Crippen MR) is 78.7 cm³/mol. The largest absolute Gasteiger partial charge is 0.334 e. The van der Waals surface area contributed by atoms with Gasteiger partial charge in [0.2, 0.25) is 10.0 Å².